The van der Waals surface area contributed by atoms with E-state index in [0.29, 0.717) is 5.56 Å². The first-order chi connectivity index (χ1) is 16.6. The molecule has 0 radical (unpaired) electrons. The summed E-state index contributed by atoms with van der Waals surface area (Å²) >= 11 is 0. The summed E-state index contributed by atoms with van der Waals surface area (Å²) in [6.45, 7) is 4.00. The van der Waals surface area contributed by atoms with Crippen LogP contribution in [0.2, 0.25) is 0 Å². The number of nitrogens with zero attached hydrogens (tertiary/aromatic N) is 7. The molecule has 0 aliphatic carbocycles. The molecule has 0 saturated carbocycles. The first kappa shape index (κ1) is 22.8. The Hall–Kier alpha value is -3.93. The van der Waals surface area contributed by atoms with Crippen LogP contribution in [0.25, 0.3) is 11.1 Å². The number of benzene rings is 2. The van der Waals surface area contributed by atoms with E-state index in [4.69, 9.17) is 0 Å². The topological polar surface area (TPSA) is 62.5 Å². The Morgan fingerprint density at radius 1 is 0.800 bits per heavy atom. The van der Waals surface area contributed by atoms with Crippen LogP contribution < -0.4 is 19.6 Å². The number of anilines is 6. The molecule has 0 amide bonds. The van der Waals surface area contributed by atoms with Gasteiger partial charge in [0.25, 0.3) is 0 Å². The quantitative estimate of drug-likeness (QED) is 0.287. The third-order valence-electron chi connectivity index (χ3n) is 6.04. The molecule has 2 aliphatic heterocycles. The van der Waals surface area contributed by atoms with E-state index in [2.05, 4.69) is 22.1 Å². The van der Waals surface area contributed by atoms with Crippen molar-refractivity contribution in [3.63, 3.8) is 0 Å². The molecule has 0 unspecified atom stereocenters. The third-order valence-corrected chi connectivity index (χ3v) is 6.04. The number of aromatic nitrogens is 2. The second-order valence-corrected chi connectivity index (χ2v) is 8.18. The predicted molar refractivity (Wildman–Crippen MR) is 134 cm³/mol. The van der Waals surface area contributed by atoms with Crippen molar-refractivity contribution < 1.29 is 19.8 Å². The second-order valence-electron chi connectivity index (χ2n) is 8.18. The molecular weight excluding hydrogens is 613 g/mol. The van der Waals surface area contributed by atoms with Crippen LogP contribution in [0.3, 0.4) is 0 Å². The van der Waals surface area contributed by atoms with E-state index in [0.717, 1.165) is 45.5 Å². The summed E-state index contributed by atoms with van der Waals surface area (Å²) in [6, 6.07) is 25.6. The summed E-state index contributed by atoms with van der Waals surface area (Å²) < 4.78 is 0. The maximum atomic E-state index is 9.75. The van der Waals surface area contributed by atoms with Crippen molar-refractivity contribution in [2.24, 2.45) is 0 Å². The van der Waals surface area contributed by atoms with Crippen molar-refractivity contribution in [1.29, 1.82) is 5.26 Å². The number of hydrogen-bond donors (Lipinski definition) is 0. The van der Waals surface area contributed by atoms with Crippen LogP contribution in [0.4, 0.5) is 34.4 Å². The zero-order valence-corrected chi connectivity index (χ0v) is 21.6. The summed E-state index contributed by atoms with van der Waals surface area (Å²) in [5.41, 5.74) is 6.08. The Morgan fingerprint density at radius 2 is 1.34 bits per heavy atom. The van der Waals surface area contributed by atoms with Gasteiger partial charge in [-0.2, -0.15) is 18.6 Å². The van der Waals surface area contributed by atoms with Gasteiger partial charge in [-0.15, -0.1) is 35.1 Å². The Morgan fingerprint density at radius 3 is 1.89 bits per heavy atom. The summed E-state index contributed by atoms with van der Waals surface area (Å²) in [7, 11) is 4.00. The number of nitriles is 1. The van der Waals surface area contributed by atoms with Gasteiger partial charge in [0, 0.05) is 43.6 Å². The van der Waals surface area contributed by atoms with E-state index < -0.39 is 0 Å². The summed E-state index contributed by atoms with van der Waals surface area (Å²) in [4.78, 5) is 17.4. The van der Waals surface area contributed by atoms with Crippen LogP contribution in [-0.2, 0) is 19.8 Å². The minimum absolute atomic E-state index is 0. The molecule has 7 nitrogen and oxygen atoms in total. The summed E-state index contributed by atoms with van der Waals surface area (Å²) in [6.07, 6.45) is 3.58. The van der Waals surface area contributed by atoms with Gasteiger partial charge in [0.15, 0.2) is 0 Å². The molecule has 2 aromatic carbocycles. The second kappa shape index (κ2) is 9.02. The van der Waals surface area contributed by atoms with Gasteiger partial charge in [-0.1, -0.05) is 18.2 Å². The summed E-state index contributed by atoms with van der Waals surface area (Å²) in [5.74, 6) is 1.66. The van der Waals surface area contributed by atoms with Gasteiger partial charge in [0.2, 0.25) is 0 Å². The van der Waals surface area contributed by atoms with Crippen molar-refractivity contribution in [3.05, 3.63) is 98.0 Å². The van der Waals surface area contributed by atoms with E-state index in [9.17, 15) is 5.26 Å². The zero-order chi connectivity index (χ0) is 23.2. The minimum atomic E-state index is 0. The maximum Gasteiger partial charge on any atom is 0.124 e. The largest absolute Gasteiger partial charge is 0.502 e. The Labute approximate surface area is 217 Å². The molecule has 4 aromatic rings. The number of pyridine rings is 2. The minimum Gasteiger partial charge on any atom is -0.502 e. The Bertz CT molecular complexity index is 1370. The van der Waals surface area contributed by atoms with Gasteiger partial charge in [0.1, 0.15) is 11.6 Å². The molecule has 0 N–H and O–H groups in total. The number of rotatable bonds is 3. The van der Waals surface area contributed by atoms with Gasteiger partial charge in [0.05, 0.1) is 11.6 Å². The monoisotopic (exact) mass is 634 g/mol. The fourth-order valence-corrected chi connectivity index (χ4v) is 4.42. The molecule has 35 heavy (non-hydrogen) atoms. The van der Waals surface area contributed by atoms with Crippen LogP contribution in [0.15, 0.2) is 73.1 Å². The maximum absolute atomic E-state index is 9.75. The molecule has 0 bridgehead atoms. The molecule has 2 aromatic heterocycles. The van der Waals surface area contributed by atoms with Crippen molar-refractivity contribution in [2.45, 2.75) is 0 Å². The van der Waals surface area contributed by atoms with Crippen molar-refractivity contribution in [2.75, 3.05) is 33.7 Å². The Kier molecular flexibility index (Phi) is 5.89. The summed E-state index contributed by atoms with van der Waals surface area (Å²) in [5, 5.41) is 9.75. The van der Waals surface area contributed by atoms with E-state index in [1.54, 1.807) is 12.4 Å². The van der Waals surface area contributed by atoms with Crippen LogP contribution in [0, 0.1) is 30.7 Å². The fourth-order valence-electron chi connectivity index (χ4n) is 4.42. The molecule has 0 saturated heterocycles. The van der Waals surface area contributed by atoms with Gasteiger partial charge < -0.3 is 19.6 Å². The SMILES string of the molecule is CN1[CH-]N(c2[c-]c(N3[CH-]N(C)c4cccnc43)cc(-c3ccccc3C#N)c2)c2ncccc21.[Os]. The normalized spacial score (nSPS) is 13.9. The van der Waals surface area contributed by atoms with E-state index in [1.807, 2.05) is 108 Å². The fraction of sp³-hybridized carbons (Fsp3) is 0.0741. The predicted octanol–water partition coefficient (Wildman–Crippen LogP) is 5.23. The van der Waals surface area contributed by atoms with Crippen molar-refractivity contribution >= 4 is 34.4 Å². The molecule has 4 heterocycles. The number of fused-ring (bicyclic) bond motifs is 2. The van der Waals surface area contributed by atoms with Crippen LogP contribution in [-0.4, -0.2) is 24.1 Å². The first-order valence-electron chi connectivity index (χ1n) is 10.8. The van der Waals surface area contributed by atoms with Gasteiger partial charge in [-0.05, 0) is 50.0 Å². The average molecular weight is 633 g/mol. The molecule has 0 spiro atoms. The number of hydrogen-bond acceptors (Lipinski definition) is 7. The molecule has 0 fully saturated rings. The third kappa shape index (κ3) is 3.79. The van der Waals surface area contributed by atoms with Crippen LogP contribution >= 0.6 is 0 Å². The van der Waals surface area contributed by atoms with Gasteiger partial charge in [-0.25, -0.2) is 9.97 Å². The molecule has 0 atom stereocenters. The van der Waals surface area contributed by atoms with E-state index in [-0.39, 0.29) is 19.8 Å². The van der Waals surface area contributed by atoms with Gasteiger partial charge >= 0.3 is 0 Å². The van der Waals surface area contributed by atoms with E-state index >= 15 is 0 Å². The first-order valence-corrected chi connectivity index (χ1v) is 10.8. The standard InChI is InChI=1S/C27H20N7.Os/c1-31-17-33(26-24(31)9-5-11-29-26)21-13-20(23-8-4-3-7-19(23)16-28)14-22(15-21)34-18-32(2)25-10-6-12-30-27(25)34;/h3-14,17-18H,1-2H3;/q-3;. The molecular formula is C27H20N7Os-3. The van der Waals surface area contributed by atoms with Crippen molar-refractivity contribution in [3.8, 4) is 17.2 Å². The molecule has 8 heteroatoms. The smallest absolute Gasteiger partial charge is 0.124 e. The molecule has 174 valence electrons. The average Bonchev–Trinajstić information content (AvgIpc) is 3.41. The van der Waals surface area contributed by atoms with Crippen LogP contribution in [0.1, 0.15) is 5.56 Å². The van der Waals surface area contributed by atoms with Gasteiger partial charge in [-0.3, -0.25) is 0 Å². The molecule has 2 aliphatic rings. The van der Waals surface area contributed by atoms with Crippen molar-refractivity contribution in [1.82, 2.24) is 9.97 Å². The molecule has 6 rings (SSSR count). The van der Waals surface area contributed by atoms with E-state index in [1.165, 1.54) is 0 Å². The Balaban J connectivity index is 0.00000253. The zero-order valence-electron chi connectivity index (χ0n) is 19.1. The van der Waals surface area contributed by atoms with Crippen LogP contribution in [0.5, 0.6) is 0 Å².